The van der Waals surface area contributed by atoms with Crippen LogP contribution in [0.1, 0.15) is 40.5 Å². The van der Waals surface area contributed by atoms with E-state index in [0.29, 0.717) is 18.4 Å². The molecule has 0 aromatic heterocycles. The third-order valence-corrected chi connectivity index (χ3v) is 6.10. The molecule has 5 nitrogen and oxygen atoms in total. The van der Waals surface area contributed by atoms with Crippen LogP contribution in [0.4, 0.5) is 0 Å². The van der Waals surface area contributed by atoms with Crippen LogP contribution in [0.3, 0.4) is 0 Å². The van der Waals surface area contributed by atoms with Gasteiger partial charge in [-0.3, -0.25) is 20.3 Å². The second kappa shape index (κ2) is 8.99. The summed E-state index contributed by atoms with van der Waals surface area (Å²) in [5, 5.41) is 18.4. The molecule has 0 aliphatic heterocycles. The maximum Gasteiger partial charge on any atom is 0.317 e. The molecule has 0 aliphatic carbocycles. The summed E-state index contributed by atoms with van der Waals surface area (Å²) < 4.78 is 0. The zero-order valence-corrected chi connectivity index (χ0v) is 13.4. The Balaban J connectivity index is 4.48. The van der Waals surface area contributed by atoms with Gasteiger partial charge in [0.05, 0.1) is 19.2 Å². The number of carboxylic acids is 1. The van der Waals surface area contributed by atoms with E-state index in [2.05, 4.69) is 43.2 Å². The zero-order valence-electron chi connectivity index (χ0n) is 11.7. The Kier molecular flexibility index (Phi) is 8.99. The molecular weight excluding hydrogens is 269 g/mol. The summed E-state index contributed by atoms with van der Waals surface area (Å²) in [6, 6.07) is 0.665. The zero-order chi connectivity index (χ0) is 14.2. The van der Waals surface area contributed by atoms with Gasteiger partial charge in [0.25, 0.3) is 0 Å². The molecule has 0 aliphatic rings. The van der Waals surface area contributed by atoms with Crippen LogP contribution in [0.2, 0.25) is 0 Å². The van der Waals surface area contributed by atoms with E-state index in [1.807, 2.05) is 0 Å². The predicted octanol–water partition coefficient (Wildman–Crippen LogP) is 1.70. The molecule has 2 atom stereocenters. The number of carbonyl (C=O) groups is 1. The molecule has 7 heteroatoms. The average Bonchev–Trinajstić information content (AvgIpc) is 2.27. The molecule has 0 aromatic carbocycles. The second-order valence-corrected chi connectivity index (χ2v) is 8.78. The molecule has 18 heavy (non-hydrogen) atoms. The van der Waals surface area contributed by atoms with Crippen molar-refractivity contribution in [2.45, 2.75) is 52.6 Å². The van der Waals surface area contributed by atoms with Crippen molar-refractivity contribution >= 4 is 24.1 Å². The molecule has 0 bridgehead atoms. The van der Waals surface area contributed by atoms with E-state index < -0.39 is 12.3 Å². The van der Waals surface area contributed by atoms with Crippen molar-refractivity contribution in [1.82, 2.24) is 15.5 Å². The van der Waals surface area contributed by atoms with Crippen LogP contribution in [0, 0.1) is 0 Å². The van der Waals surface area contributed by atoms with E-state index >= 15 is 0 Å². The van der Waals surface area contributed by atoms with Gasteiger partial charge in [0.2, 0.25) is 0 Å². The average molecular weight is 295 g/mol. The summed E-state index contributed by atoms with van der Waals surface area (Å²) in [6.07, 6.45) is 0.540. The summed E-state index contributed by atoms with van der Waals surface area (Å²) in [5.41, 5.74) is 0. The van der Waals surface area contributed by atoms with Crippen molar-refractivity contribution in [2.24, 2.45) is 0 Å². The fourth-order valence-corrected chi connectivity index (χ4v) is 5.17. The molecule has 0 rings (SSSR count). The Labute approximate surface area is 115 Å². The summed E-state index contributed by atoms with van der Waals surface area (Å²) in [4.78, 5) is 10.5. The Hall–Kier alpha value is -0.0000000000000000763. The molecule has 0 fully saturated rings. The minimum atomic E-state index is -1.96. The number of aliphatic carboxylic acids is 1. The lowest BCUT2D eigenvalue weighted by Gasteiger charge is -2.30. The van der Waals surface area contributed by atoms with E-state index in [9.17, 15) is 4.79 Å². The third kappa shape index (κ3) is 8.16. The van der Waals surface area contributed by atoms with Gasteiger partial charge in [-0.2, -0.15) is 0 Å². The largest absolute Gasteiger partial charge is 0.480 e. The molecule has 4 N–H and O–H groups in total. The Bertz CT molecular complexity index is 286. The first-order valence-electron chi connectivity index (χ1n) is 6.40. The third-order valence-electron chi connectivity index (χ3n) is 2.69. The molecule has 0 radical (unpaired) electrons. The first-order valence-corrected chi connectivity index (χ1v) is 9.38. The molecule has 0 aromatic rings. The highest BCUT2D eigenvalue weighted by atomic mass is 32.4. The SMILES string of the molecule is CCC(C)NP(=S)(CNCC(=O)O)NC(C)CC. The molecule has 0 amide bonds. The van der Waals surface area contributed by atoms with Crippen molar-refractivity contribution in [3.8, 4) is 0 Å². The topological polar surface area (TPSA) is 73.4 Å². The number of rotatable bonds is 10. The molecule has 0 spiro atoms. The number of carboxylic acid groups (broad SMARTS) is 1. The quantitative estimate of drug-likeness (QED) is 0.460. The lowest BCUT2D eigenvalue weighted by atomic mass is 10.3. The van der Waals surface area contributed by atoms with Gasteiger partial charge in [-0.1, -0.05) is 25.7 Å². The maximum absolute atomic E-state index is 10.5. The van der Waals surface area contributed by atoms with Gasteiger partial charge in [0.15, 0.2) is 0 Å². The minimum Gasteiger partial charge on any atom is -0.480 e. The van der Waals surface area contributed by atoms with Crippen LogP contribution in [0.15, 0.2) is 0 Å². The summed E-state index contributed by atoms with van der Waals surface area (Å²) >= 11 is 5.67. The van der Waals surface area contributed by atoms with Gasteiger partial charge in [0.1, 0.15) is 0 Å². The lowest BCUT2D eigenvalue weighted by molar-refractivity contribution is -0.135. The highest BCUT2D eigenvalue weighted by molar-refractivity contribution is 8.12. The molecule has 2 unspecified atom stereocenters. The summed E-state index contributed by atoms with van der Waals surface area (Å²) in [6.45, 7) is 8.34. The van der Waals surface area contributed by atoms with Gasteiger partial charge < -0.3 is 5.11 Å². The monoisotopic (exact) mass is 295 g/mol. The van der Waals surface area contributed by atoms with Gasteiger partial charge in [-0.05, 0) is 26.7 Å². The first kappa shape index (κ1) is 18.0. The fourth-order valence-electron chi connectivity index (χ4n) is 1.34. The molecule has 108 valence electrons. The van der Waals surface area contributed by atoms with Gasteiger partial charge in [0, 0.05) is 12.1 Å². The summed E-state index contributed by atoms with van der Waals surface area (Å²) in [7, 11) is 0. The van der Waals surface area contributed by atoms with Crippen LogP contribution in [0.5, 0.6) is 0 Å². The van der Waals surface area contributed by atoms with E-state index in [0.717, 1.165) is 12.8 Å². The Morgan fingerprint density at radius 2 is 1.67 bits per heavy atom. The minimum absolute atomic E-state index is 0.0528. The molecule has 0 saturated heterocycles. The highest BCUT2D eigenvalue weighted by Gasteiger charge is 2.20. The van der Waals surface area contributed by atoms with Crippen LogP contribution in [-0.2, 0) is 16.6 Å². The van der Waals surface area contributed by atoms with Crippen LogP contribution in [-0.4, -0.2) is 36.0 Å². The van der Waals surface area contributed by atoms with E-state index in [4.69, 9.17) is 16.9 Å². The number of hydrogen-bond acceptors (Lipinski definition) is 3. The summed E-state index contributed by atoms with van der Waals surface area (Å²) in [5.74, 6) is -0.858. The van der Waals surface area contributed by atoms with Gasteiger partial charge in [-0.15, -0.1) is 0 Å². The highest BCUT2D eigenvalue weighted by Crippen LogP contribution is 2.36. The normalized spacial score (nSPS) is 18.0. The smallest absolute Gasteiger partial charge is 0.317 e. The number of nitrogens with one attached hydrogen (secondary N) is 3. The molecule has 0 heterocycles. The van der Waals surface area contributed by atoms with Crippen molar-refractivity contribution in [3.05, 3.63) is 0 Å². The van der Waals surface area contributed by atoms with E-state index in [1.54, 1.807) is 0 Å². The van der Waals surface area contributed by atoms with E-state index in [1.165, 1.54) is 0 Å². The van der Waals surface area contributed by atoms with Gasteiger partial charge in [-0.25, -0.2) is 0 Å². The van der Waals surface area contributed by atoms with Crippen molar-refractivity contribution in [3.63, 3.8) is 0 Å². The molecular formula is C11H26N3O2PS. The maximum atomic E-state index is 10.5. The van der Waals surface area contributed by atoms with Crippen molar-refractivity contribution in [1.29, 1.82) is 0 Å². The predicted molar refractivity (Wildman–Crippen MR) is 80.6 cm³/mol. The van der Waals surface area contributed by atoms with Crippen LogP contribution >= 0.6 is 6.34 Å². The van der Waals surface area contributed by atoms with Crippen molar-refractivity contribution < 1.29 is 9.90 Å². The molecule has 0 saturated carbocycles. The Morgan fingerprint density at radius 1 is 1.22 bits per heavy atom. The first-order chi connectivity index (χ1) is 8.33. The lowest BCUT2D eigenvalue weighted by Crippen LogP contribution is -2.38. The Morgan fingerprint density at radius 3 is 2.00 bits per heavy atom. The van der Waals surface area contributed by atoms with Crippen LogP contribution in [0.25, 0.3) is 0 Å². The van der Waals surface area contributed by atoms with E-state index in [-0.39, 0.29) is 6.54 Å². The standard InChI is InChI=1S/C11H26N3O2PS/c1-5-9(3)13-17(18,14-10(4)6-2)8-12-7-11(15)16/h9-10,12H,5-8H2,1-4H3,(H,15,16)(H2,13,14,18). The van der Waals surface area contributed by atoms with Gasteiger partial charge >= 0.3 is 5.97 Å². The fraction of sp³-hybridized carbons (Fsp3) is 0.909. The number of hydrogen-bond donors (Lipinski definition) is 4. The van der Waals surface area contributed by atoms with Crippen molar-refractivity contribution in [2.75, 3.05) is 12.8 Å². The van der Waals surface area contributed by atoms with Crippen LogP contribution < -0.4 is 15.5 Å². The second-order valence-electron chi connectivity index (χ2n) is 4.60.